The maximum Gasteiger partial charge on any atom is 0.336 e. The summed E-state index contributed by atoms with van der Waals surface area (Å²) in [6.07, 6.45) is 0. The number of hydrogen-bond acceptors (Lipinski definition) is 3. The monoisotopic (exact) mass is 202 g/mol. The van der Waals surface area contributed by atoms with E-state index in [-0.39, 0.29) is 16.1 Å². The molecule has 13 heavy (non-hydrogen) atoms. The van der Waals surface area contributed by atoms with Crippen molar-refractivity contribution >= 4 is 17.6 Å². The largest absolute Gasteiger partial charge is 0.504 e. The van der Waals surface area contributed by atoms with Crippen molar-refractivity contribution in [2.75, 3.05) is 0 Å². The molecule has 4 nitrogen and oxygen atoms in total. The molecule has 0 aromatic heterocycles. The van der Waals surface area contributed by atoms with Crippen LogP contribution in [0.1, 0.15) is 15.9 Å². The number of carboxylic acids is 1. The van der Waals surface area contributed by atoms with Crippen LogP contribution in [0.2, 0.25) is 5.02 Å². The fraction of sp³-hybridized carbons (Fsp3) is 0.125. The first-order valence-corrected chi connectivity index (χ1v) is 3.77. The predicted octanol–water partition coefficient (Wildman–Crippen LogP) is 1.76. The van der Waals surface area contributed by atoms with Crippen molar-refractivity contribution in [2.24, 2.45) is 0 Å². The molecule has 0 aliphatic carbocycles. The first-order valence-electron chi connectivity index (χ1n) is 3.39. The normalized spacial score (nSPS) is 10.0. The van der Waals surface area contributed by atoms with Gasteiger partial charge in [-0.15, -0.1) is 0 Å². The van der Waals surface area contributed by atoms with Crippen LogP contribution in [0.5, 0.6) is 11.5 Å². The van der Waals surface area contributed by atoms with Gasteiger partial charge in [-0.05, 0) is 13.0 Å². The molecule has 0 amide bonds. The lowest BCUT2D eigenvalue weighted by Crippen LogP contribution is -1.99. The van der Waals surface area contributed by atoms with E-state index in [1.807, 2.05) is 0 Å². The lowest BCUT2D eigenvalue weighted by molar-refractivity contribution is 0.0695. The summed E-state index contributed by atoms with van der Waals surface area (Å²) in [5.41, 5.74) is -0.0327. The van der Waals surface area contributed by atoms with Gasteiger partial charge >= 0.3 is 5.97 Å². The van der Waals surface area contributed by atoms with Gasteiger partial charge in [-0.2, -0.15) is 0 Å². The van der Waals surface area contributed by atoms with Crippen molar-refractivity contribution in [1.82, 2.24) is 0 Å². The van der Waals surface area contributed by atoms with Crippen LogP contribution in [0.15, 0.2) is 6.07 Å². The number of rotatable bonds is 1. The highest BCUT2D eigenvalue weighted by molar-refractivity contribution is 6.32. The summed E-state index contributed by atoms with van der Waals surface area (Å²) in [5, 5.41) is 26.8. The molecule has 0 heterocycles. The fourth-order valence-corrected chi connectivity index (χ4v) is 1.14. The summed E-state index contributed by atoms with van der Waals surface area (Å²) in [7, 11) is 0. The van der Waals surface area contributed by atoms with Crippen molar-refractivity contribution in [3.63, 3.8) is 0 Å². The molecule has 0 radical (unpaired) electrons. The van der Waals surface area contributed by atoms with E-state index in [4.69, 9.17) is 21.8 Å². The molecular weight excluding hydrogens is 196 g/mol. The van der Waals surface area contributed by atoms with Gasteiger partial charge in [0.05, 0.1) is 10.6 Å². The Balaban J connectivity index is 3.50. The highest BCUT2D eigenvalue weighted by atomic mass is 35.5. The molecule has 0 aliphatic rings. The third-order valence-electron chi connectivity index (χ3n) is 1.71. The minimum Gasteiger partial charge on any atom is -0.504 e. The molecular formula is C8H7ClO4. The zero-order valence-corrected chi connectivity index (χ0v) is 7.46. The average molecular weight is 203 g/mol. The highest BCUT2D eigenvalue weighted by Crippen LogP contribution is 2.37. The number of carbonyl (C=O) groups is 1. The summed E-state index contributed by atoms with van der Waals surface area (Å²) >= 11 is 5.46. The van der Waals surface area contributed by atoms with Gasteiger partial charge in [0.1, 0.15) is 0 Å². The molecule has 0 saturated carbocycles. The topological polar surface area (TPSA) is 77.8 Å². The number of aromatic hydroxyl groups is 2. The average Bonchev–Trinajstić information content (AvgIpc) is 2.07. The number of carboxylic acid groups (broad SMARTS) is 1. The van der Waals surface area contributed by atoms with Crippen molar-refractivity contribution in [1.29, 1.82) is 0 Å². The zero-order chi connectivity index (χ0) is 10.2. The summed E-state index contributed by atoms with van der Waals surface area (Å²) in [6, 6.07) is 1.09. The summed E-state index contributed by atoms with van der Waals surface area (Å²) < 4.78 is 0. The van der Waals surface area contributed by atoms with Crippen LogP contribution in [-0.4, -0.2) is 21.3 Å². The number of phenolic OH excluding ortho intramolecular Hbond substituents is 2. The molecule has 0 spiro atoms. The second kappa shape index (κ2) is 3.14. The van der Waals surface area contributed by atoms with E-state index in [1.54, 1.807) is 0 Å². The molecule has 1 aromatic rings. The van der Waals surface area contributed by atoms with Crippen LogP contribution in [0.25, 0.3) is 0 Å². The lowest BCUT2D eigenvalue weighted by Gasteiger charge is -2.06. The third kappa shape index (κ3) is 1.53. The summed E-state index contributed by atoms with van der Waals surface area (Å²) in [4.78, 5) is 10.6. The molecule has 1 aromatic carbocycles. The van der Waals surface area contributed by atoms with Gasteiger partial charge in [0, 0.05) is 5.56 Å². The van der Waals surface area contributed by atoms with Gasteiger partial charge < -0.3 is 15.3 Å². The minimum absolute atomic E-state index is 0.0920. The van der Waals surface area contributed by atoms with E-state index in [0.717, 1.165) is 6.07 Å². The summed E-state index contributed by atoms with van der Waals surface area (Å²) in [6.45, 7) is 1.38. The second-order valence-electron chi connectivity index (χ2n) is 2.53. The van der Waals surface area contributed by atoms with Gasteiger partial charge in [-0.1, -0.05) is 11.6 Å². The first-order chi connectivity index (χ1) is 5.95. The molecule has 70 valence electrons. The van der Waals surface area contributed by atoms with E-state index in [1.165, 1.54) is 6.92 Å². The Labute approximate surface area is 79.0 Å². The van der Waals surface area contributed by atoms with E-state index < -0.39 is 17.5 Å². The molecule has 5 heteroatoms. The van der Waals surface area contributed by atoms with Crippen LogP contribution in [0, 0.1) is 6.92 Å². The predicted molar refractivity (Wildman–Crippen MR) is 46.5 cm³/mol. The van der Waals surface area contributed by atoms with Crippen LogP contribution in [-0.2, 0) is 0 Å². The van der Waals surface area contributed by atoms with Crippen molar-refractivity contribution in [3.05, 3.63) is 22.2 Å². The molecule has 0 aliphatic heterocycles. The Bertz CT molecular complexity index is 373. The van der Waals surface area contributed by atoms with E-state index in [2.05, 4.69) is 0 Å². The quantitative estimate of drug-likeness (QED) is 0.607. The molecule has 0 unspecified atom stereocenters. The van der Waals surface area contributed by atoms with Crippen LogP contribution >= 0.6 is 11.6 Å². The Morgan fingerprint density at radius 1 is 1.38 bits per heavy atom. The van der Waals surface area contributed by atoms with Crippen molar-refractivity contribution in [2.45, 2.75) is 6.92 Å². The number of hydrogen-bond donors (Lipinski definition) is 3. The van der Waals surface area contributed by atoms with Gasteiger partial charge in [-0.25, -0.2) is 4.79 Å². The maximum atomic E-state index is 10.6. The van der Waals surface area contributed by atoms with Crippen molar-refractivity contribution < 1.29 is 20.1 Å². The van der Waals surface area contributed by atoms with Gasteiger partial charge in [0.25, 0.3) is 0 Å². The van der Waals surface area contributed by atoms with Crippen LogP contribution < -0.4 is 0 Å². The van der Waals surface area contributed by atoms with Crippen LogP contribution in [0.3, 0.4) is 0 Å². The number of phenols is 2. The highest BCUT2D eigenvalue weighted by Gasteiger charge is 2.16. The summed E-state index contributed by atoms with van der Waals surface area (Å²) in [5.74, 6) is -2.19. The Morgan fingerprint density at radius 3 is 2.38 bits per heavy atom. The zero-order valence-electron chi connectivity index (χ0n) is 6.71. The van der Waals surface area contributed by atoms with Crippen molar-refractivity contribution in [3.8, 4) is 11.5 Å². The SMILES string of the molecule is Cc1c(C(=O)O)cc(Cl)c(O)c1O. The maximum absolute atomic E-state index is 10.6. The van der Waals surface area contributed by atoms with Gasteiger partial charge in [0.15, 0.2) is 11.5 Å². The molecule has 3 N–H and O–H groups in total. The number of benzene rings is 1. The molecule has 0 saturated heterocycles. The Morgan fingerprint density at radius 2 is 1.92 bits per heavy atom. The van der Waals surface area contributed by atoms with E-state index >= 15 is 0 Å². The Hall–Kier alpha value is -1.42. The van der Waals surface area contributed by atoms with E-state index in [9.17, 15) is 9.90 Å². The van der Waals surface area contributed by atoms with Gasteiger partial charge in [0.2, 0.25) is 0 Å². The smallest absolute Gasteiger partial charge is 0.336 e. The number of halogens is 1. The molecule has 1 rings (SSSR count). The van der Waals surface area contributed by atoms with Gasteiger partial charge in [-0.3, -0.25) is 0 Å². The van der Waals surface area contributed by atoms with E-state index in [0.29, 0.717) is 0 Å². The Kier molecular flexibility index (Phi) is 2.34. The fourth-order valence-electron chi connectivity index (χ4n) is 0.944. The van der Waals surface area contributed by atoms with Crippen LogP contribution in [0.4, 0.5) is 0 Å². The molecule has 0 bridgehead atoms. The first kappa shape index (κ1) is 9.67. The number of aromatic carboxylic acids is 1. The molecule has 0 atom stereocenters. The standard InChI is InChI=1S/C8H7ClO4/c1-3-4(8(12)13)2-5(9)7(11)6(3)10/h2,10-11H,1H3,(H,12,13). The third-order valence-corrected chi connectivity index (χ3v) is 2.00. The minimum atomic E-state index is -1.20. The lowest BCUT2D eigenvalue weighted by atomic mass is 10.1. The second-order valence-corrected chi connectivity index (χ2v) is 2.94. The molecule has 0 fully saturated rings.